The van der Waals surface area contributed by atoms with Gasteiger partial charge in [-0.05, 0) is 44.7 Å². The Hall–Kier alpha value is -0.830. The molecule has 3 nitrogen and oxygen atoms in total. The molecule has 0 aromatic carbocycles. The highest BCUT2D eigenvalue weighted by molar-refractivity contribution is 5.14. The number of nitrogens with zero attached hydrogens (tertiary/aromatic N) is 1. The van der Waals surface area contributed by atoms with Crippen molar-refractivity contribution in [2.24, 2.45) is 0 Å². The molecule has 21 heavy (non-hydrogen) atoms. The first-order valence-corrected chi connectivity index (χ1v) is 9.00. The standard InChI is InChI=1S/C18H35N3/c1-4-6-8-12-18(13-9-7-5-2)19-14-10-11-17-15-20-21-16(17)3/h15,18-19H,4-14H2,1-3H3,(H,20,21). The van der Waals surface area contributed by atoms with Crippen LogP contribution in [0.25, 0.3) is 0 Å². The molecule has 0 spiro atoms. The summed E-state index contributed by atoms with van der Waals surface area (Å²) in [6, 6.07) is 0.730. The zero-order chi connectivity index (χ0) is 15.3. The Balaban J connectivity index is 2.19. The summed E-state index contributed by atoms with van der Waals surface area (Å²) < 4.78 is 0. The second kappa shape index (κ2) is 11.8. The number of nitrogens with one attached hydrogen (secondary N) is 2. The van der Waals surface area contributed by atoms with Crippen molar-refractivity contribution in [1.29, 1.82) is 0 Å². The fourth-order valence-electron chi connectivity index (χ4n) is 2.84. The molecular weight excluding hydrogens is 258 g/mol. The van der Waals surface area contributed by atoms with Crippen molar-refractivity contribution in [3.05, 3.63) is 17.5 Å². The van der Waals surface area contributed by atoms with Gasteiger partial charge in [-0.25, -0.2) is 0 Å². The molecule has 2 N–H and O–H groups in total. The lowest BCUT2D eigenvalue weighted by Gasteiger charge is -2.18. The Kier molecular flexibility index (Phi) is 10.2. The van der Waals surface area contributed by atoms with Crippen LogP contribution in [0.4, 0.5) is 0 Å². The van der Waals surface area contributed by atoms with E-state index in [1.807, 2.05) is 6.20 Å². The van der Waals surface area contributed by atoms with Crippen molar-refractivity contribution >= 4 is 0 Å². The van der Waals surface area contributed by atoms with E-state index in [-0.39, 0.29) is 0 Å². The molecule has 0 aliphatic carbocycles. The van der Waals surface area contributed by atoms with Crippen molar-refractivity contribution in [3.8, 4) is 0 Å². The van der Waals surface area contributed by atoms with E-state index in [0.29, 0.717) is 0 Å². The molecule has 0 saturated heterocycles. The van der Waals surface area contributed by atoms with Crippen molar-refractivity contribution in [2.45, 2.75) is 91.0 Å². The molecule has 1 rings (SSSR count). The number of rotatable bonds is 13. The molecule has 0 unspecified atom stereocenters. The van der Waals surface area contributed by atoms with Crippen LogP contribution in [0.15, 0.2) is 6.20 Å². The van der Waals surface area contributed by atoms with Crippen LogP contribution in [0, 0.1) is 6.92 Å². The summed E-state index contributed by atoms with van der Waals surface area (Å²) in [5, 5.41) is 10.9. The van der Waals surface area contributed by atoms with Gasteiger partial charge in [-0.2, -0.15) is 5.10 Å². The van der Waals surface area contributed by atoms with Crippen LogP contribution in [0.1, 0.15) is 82.9 Å². The third-order valence-corrected chi connectivity index (χ3v) is 4.30. The van der Waals surface area contributed by atoms with E-state index in [4.69, 9.17) is 0 Å². The van der Waals surface area contributed by atoms with Crippen LogP contribution in [-0.4, -0.2) is 22.8 Å². The number of aryl methyl sites for hydroxylation is 2. The predicted octanol–water partition coefficient (Wildman–Crippen LogP) is 4.77. The molecule has 0 aliphatic heterocycles. The summed E-state index contributed by atoms with van der Waals surface area (Å²) in [6.45, 7) is 7.81. The zero-order valence-corrected chi connectivity index (χ0v) is 14.4. The first kappa shape index (κ1) is 18.2. The van der Waals surface area contributed by atoms with Crippen molar-refractivity contribution in [2.75, 3.05) is 6.54 Å². The highest BCUT2D eigenvalue weighted by Gasteiger charge is 2.07. The van der Waals surface area contributed by atoms with Gasteiger partial charge in [-0.1, -0.05) is 52.4 Å². The molecule has 1 aromatic heterocycles. The second-order valence-electron chi connectivity index (χ2n) is 6.27. The van der Waals surface area contributed by atoms with Gasteiger partial charge in [0.25, 0.3) is 0 Å². The molecule has 0 saturated carbocycles. The van der Waals surface area contributed by atoms with Gasteiger partial charge in [0, 0.05) is 11.7 Å². The molecule has 0 fully saturated rings. The van der Waals surface area contributed by atoms with Crippen LogP contribution in [-0.2, 0) is 6.42 Å². The lowest BCUT2D eigenvalue weighted by molar-refractivity contribution is 0.416. The van der Waals surface area contributed by atoms with Crippen LogP contribution in [0.2, 0.25) is 0 Å². The molecular formula is C18H35N3. The maximum Gasteiger partial charge on any atom is 0.0522 e. The summed E-state index contributed by atoms with van der Waals surface area (Å²) in [6.07, 6.45) is 15.1. The molecule has 1 heterocycles. The highest BCUT2D eigenvalue weighted by Crippen LogP contribution is 2.11. The average molecular weight is 293 g/mol. The van der Waals surface area contributed by atoms with Gasteiger partial charge in [0.15, 0.2) is 0 Å². The van der Waals surface area contributed by atoms with E-state index in [1.165, 1.54) is 69.0 Å². The fraction of sp³-hybridized carbons (Fsp3) is 0.833. The van der Waals surface area contributed by atoms with Crippen LogP contribution < -0.4 is 5.32 Å². The minimum Gasteiger partial charge on any atom is -0.314 e. The van der Waals surface area contributed by atoms with Gasteiger partial charge in [0.05, 0.1) is 6.20 Å². The number of hydrogen-bond donors (Lipinski definition) is 2. The van der Waals surface area contributed by atoms with E-state index in [2.05, 4.69) is 36.3 Å². The van der Waals surface area contributed by atoms with E-state index < -0.39 is 0 Å². The fourth-order valence-corrected chi connectivity index (χ4v) is 2.84. The maximum atomic E-state index is 4.09. The predicted molar refractivity (Wildman–Crippen MR) is 91.7 cm³/mol. The Morgan fingerprint density at radius 3 is 2.24 bits per heavy atom. The van der Waals surface area contributed by atoms with Gasteiger partial charge in [-0.3, -0.25) is 5.10 Å². The first-order valence-electron chi connectivity index (χ1n) is 9.00. The van der Waals surface area contributed by atoms with Gasteiger partial charge in [0.1, 0.15) is 0 Å². The molecule has 0 aliphatic rings. The van der Waals surface area contributed by atoms with Gasteiger partial charge >= 0.3 is 0 Å². The molecule has 0 bridgehead atoms. The van der Waals surface area contributed by atoms with Gasteiger partial charge in [-0.15, -0.1) is 0 Å². The second-order valence-corrected chi connectivity index (χ2v) is 6.27. The smallest absolute Gasteiger partial charge is 0.0522 e. The average Bonchev–Trinajstić information content (AvgIpc) is 2.89. The van der Waals surface area contributed by atoms with Crippen LogP contribution >= 0.6 is 0 Å². The highest BCUT2D eigenvalue weighted by atomic mass is 15.1. The van der Waals surface area contributed by atoms with Crippen LogP contribution in [0.5, 0.6) is 0 Å². The zero-order valence-electron chi connectivity index (χ0n) is 14.4. The Labute approximate surface area is 131 Å². The Morgan fingerprint density at radius 2 is 1.71 bits per heavy atom. The number of aromatic amines is 1. The topological polar surface area (TPSA) is 40.7 Å². The molecule has 0 radical (unpaired) electrons. The maximum absolute atomic E-state index is 4.09. The van der Waals surface area contributed by atoms with Gasteiger partial charge < -0.3 is 5.32 Å². The van der Waals surface area contributed by atoms with E-state index in [9.17, 15) is 0 Å². The lowest BCUT2D eigenvalue weighted by atomic mass is 10.0. The third-order valence-electron chi connectivity index (χ3n) is 4.30. The van der Waals surface area contributed by atoms with Crippen molar-refractivity contribution < 1.29 is 0 Å². The number of aromatic nitrogens is 2. The quantitative estimate of drug-likeness (QED) is 0.514. The first-order chi connectivity index (χ1) is 10.3. The molecule has 122 valence electrons. The SMILES string of the molecule is CCCCCC(CCCCC)NCCCc1cn[nH]c1C. The molecule has 1 aromatic rings. The number of unbranched alkanes of at least 4 members (excludes halogenated alkanes) is 4. The largest absolute Gasteiger partial charge is 0.314 e. The Morgan fingerprint density at radius 1 is 1.05 bits per heavy atom. The molecule has 0 amide bonds. The third kappa shape index (κ3) is 8.25. The summed E-state index contributed by atoms with van der Waals surface area (Å²) in [4.78, 5) is 0. The molecule has 3 heteroatoms. The summed E-state index contributed by atoms with van der Waals surface area (Å²) in [7, 11) is 0. The van der Waals surface area contributed by atoms with Crippen molar-refractivity contribution in [3.63, 3.8) is 0 Å². The minimum absolute atomic E-state index is 0.730. The minimum atomic E-state index is 0.730. The number of H-pyrrole nitrogens is 1. The van der Waals surface area contributed by atoms with E-state index >= 15 is 0 Å². The molecule has 0 atom stereocenters. The normalized spacial score (nSPS) is 11.4. The lowest BCUT2D eigenvalue weighted by Crippen LogP contribution is -2.30. The van der Waals surface area contributed by atoms with Crippen LogP contribution in [0.3, 0.4) is 0 Å². The summed E-state index contributed by atoms with van der Waals surface area (Å²) in [5.41, 5.74) is 2.59. The number of hydrogen-bond acceptors (Lipinski definition) is 2. The monoisotopic (exact) mass is 293 g/mol. The summed E-state index contributed by atoms with van der Waals surface area (Å²) in [5.74, 6) is 0. The van der Waals surface area contributed by atoms with E-state index in [0.717, 1.165) is 19.0 Å². The van der Waals surface area contributed by atoms with Crippen molar-refractivity contribution in [1.82, 2.24) is 15.5 Å². The van der Waals surface area contributed by atoms with Gasteiger partial charge in [0.2, 0.25) is 0 Å². The Bertz CT molecular complexity index is 336. The van der Waals surface area contributed by atoms with E-state index in [1.54, 1.807) is 0 Å². The summed E-state index contributed by atoms with van der Waals surface area (Å²) >= 11 is 0.